The number of nitrogens with zero attached hydrogens (tertiary/aromatic N) is 1. The first-order chi connectivity index (χ1) is 22.6. The summed E-state index contributed by atoms with van der Waals surface area (Å²) in [6.07, 6.45) is -3.34. The second kappa shape index (κ2) is 8.79. The van der Waals surface area contributed by atoms with Crippen LogP contribution in [0.2, 0.25) is 0 Å². The molecule has 164 valence electrons. The molecule has 0 unspecified atom stereocenters. The van der Waals surface area contributed by atoms with Crippen molar-refractivity contribution >= 4 is 5.91 Å². The van der Waals surface area contributed by atoms with Crippen LogP contribution in [0.3, 0.4) is 0 Å². The number of benzene rings is 3. The van der Waals surface area contributed by atoms with Crippen molar-refractivity contribution in [3.63, 3.8) is 0 Å². The molecule has 3 aromatic carbocycles. The van der Waals surface area contributed by atoms with Crippen molar-refractivity contribution in [1.29, 1.82) is 0 Å². The summed E-state index contributed by atoms with van der Waals surface area (Å²) in [7, 11) is 0. The fourth-order valence-corrected chi connectivity index (χ4v) is 4.28. The van der Waals surface area contributed by atoms with Crippen LogP contribution >= 0.6 is 0 Å². The van der Waals surface area contributed by atoms with Crippen LogP contribution in [-0.2, 0) is 23.0 Å². The number of fused-ring (bicyclic) bond motifs is 1. The van der Waals surface area contributed by atoms with Gasteiger partial charge in [0.25, 0.3) is 0 Å². The van der Waals surface area contributed by atoms with E-state index in [1.807, 2.05) is 0 Å². The van der Waals surface area contributed by atoms with Crippen molar-refractivity contribution in [1.82, 2.24) is 4.90 Å². The Kier molecular flexibility index (Phi) is 2.48. The minimum atomic E-state index is -3.16. The summed E-state index contributed by atoms with van der Waals surface area (Å²) >= 11 is 0. The Balaban J connectivity index is 1.77. The lowest BCUT2D eigenvalue weighted by Crippen LogP contribution is -2.49. The van der Waals surface area contributed by atoms with E-state index in [0.717, 1.165) is 4.90 Å². The molecule has 2 heterocycles. The Morgan fingerprint density at radius 1 is 1.09 bits per heavy atom. The third kappa shape index (κ3) is 3.69. The van der Waals surface area contributed by atoms with Crippen LogP contribution in [0.1, 0.15) is 52.0 Å². The minimum absolute atomic E-state index is 0.0557. The zero-order valence-electron chi connectivity index (χ0n) is 34.0. The van der Waals surface area contributed by atoms with E-state index in [2.05, 4.69) is 0 Å². The van der Waals surface area contributed by atoms with Gasteiger partial charge in [0, 0.05) is 24.9 Å². The second-order valence-electron chi connectivity index (χ2n) is 7.50. The maximum atomic E-state index is 13.9. The summed E-state index contributed by atoms with van der Waals surface area (Å²) in [4.78, 5) is 14.8. The van der Waals surface area contributed by atoms with Crippen molar-refractivity contribution < 1.29 is 32.8 Å². The van der Waals surface area contributed by atoms with Crippen molar-refractivity contribution in [3.05, 3.63) is 101 Å². The summed E-state index contributed by atoms with van der Waals surface area (Å²) in [5.74, 6) is -2.98. The Morgan fingerprint density at radius 3 is 2.44 bits per heavy atom. The van der Waals surface area contributed by atoms with E-state index >= 15 is 0 Å². The van der Waals surface area contributed by atoms with Crippen molar-refractivity contribution in [2.24, 2.45) is 11.7 Å². The largest absolute Gasteiger partial charge is 0.493 e. The zero-order chi connectivity index (χ0) is 36.9. The van der Waals surface area contributed by atoms with Gasteiger partial charge in [0.1, 0.15) is 11.2 Å². The third-order valence-corrected chi connectivity index (χ3v) is 5.77. The van der Waals surface area contributed by atoms with Crippen LogP contribution in [0, 0.1) is 5.92 Å². The smallest absolute Gasteiger partial charge is 0.232 e. The van der Waals surface area contributed by atoms with Gasteiger partial charge < -0.3 is 15.4 Å². The highest BCUT2D eigenvalue weighted by molar-refractivity contribution is 5.91. The topological polar surface area (TPSA) is 55.6 Å². The molecular weight excluding hydrogens is 396 g/mol. The molecule has 0 aromatic heterocycles. The van der Waals surface area contributed by atoms with Gasteiger partial charge in [-0.15, -0.1) is 0 Å². The Hall–Kier alpha value is -3.11. The van der Waals surface area contributed by atoms with E-state index < -0.39 is 132 Å². The second-order valence-corrected chi connectivity index (χ2v) is 7.50. The predicted octanol–water partition coefficient (Wildman–Crippen LogP) is 3.96. The third-order valence-electron chi connectivity index (χ3n) is 5.77. The van der Waals surface area contributed by atoms with Crippen LogP contribution < -0.4 is 10.5 Å². The summed E-state index contributed by atoms with van der Waals surface area (Å²) in [5, 5.41) is 0. The number of amides is 1. The van der Waals surface area contributed by atoms with Gasteiger partial charge >= 0.3 is 0 Å². The highest BCUT2D eigenvalue weighted by Crippen LogP contribution is 2.43. The number of primary amides is 1. The highest BCUT2D eigenvalue weighted by Gasteiger charge is 2.49. The SMILES string of the molecule is [2H]c1c([2H])c([2H])c(C(C(N)=O)(c2c([2H])c([2H])c([2H])c([2H])c2[2H])[C@@H]2CCN(C([2H])([2H])C([2H])([2H])c3c([2H])c([2H])c4c(c3[2H])CCO4)C2)c([2H])c1[2H]. The van der Waals surface area contributed by atoms with Crippen molar-refractivity contribution in [2.45, 2.75) is 24.6 Å². The Bertz CT molecular complexity index is 1800. The van der Waals surface area contributed by atoms with E-state index in [4.69, 9.17) is 33.8 Å². The molecule has 3 aromatic rings. The number of likely N-dealkylation sites (tertiary alicyclic amines) is 1. The molecule has 4 nitrogen and oxygen atoms in total. The monoisotopic (exact) mass is 443 g/mol. The van der Waals surface area contributed by atoms with Crippen LogP contribution in [0.25, 0.3) is 0 Å². The van der Waals surface area contributed by atoms with Gasteiger partial charge in [0.2, 0.25) is 5.91 Å². The number of carbonyl (C=O) groups excluding carboxylic acids is 1. The summed E-state index contributed by atoms with van der Waals surface area (Å²) in [5.41, 5.74) is 1.11. The predicted molar refractivity (Wildman–Crippen MR) is 127 cm³/mol. The molecule has 2 aliphatic rings. The van der Waals surface area contributed by atoms with E-state index in [-0.39, 0.29) is 37.3 Å². The Morgan fingerprint density at radius 2 is 1.78 bits per heavy atom. The normalized spacial score (nSPS) is 26.8. The molecule has 32 heavy (non-hydrogen) atoms. The molecule has 0 aliphatic carbocycles. The average Bonchev–Trinajstić information content (AvgIpc) is 3.74. The minimum Gasteiger partial charge on any atom is -0.493 e. The van der Waals surface area contributed by atoms with Crippen LogP contribution in [0.4, 0.5) is 0 Å². The van der Waals surface area contributed by atoms with Crippen LogP contribution in [0.5, 0.6) is 5.75 Å². The van der Waals surface area contributed by atoms with Gasteiger partial charge in [-0.25, -0.2) is 0 Å². The van der Waals surface area contributed by atoms with E-state index in [1.165, 1.54) is 0 Å². The van der Waals surface area contributed by atoms with Gasteiger partial charge in [-0.05, 0) is 53.6 Å². The van der Waals surface area contributed by atoms with Crippen LogP contribution in [-0.4, -0.2) is 37.0 Å². The van der Waals surface area contributed by atoms with E-state index in [9.17, 15) is 4.79 Å². The quantitative estimate of drug-likeness (QED) is 0.601. The van der Waals surface area contributed by atoms with Gasteiger partial charge in [-0.2, -0.15) is 0 Å². The summed E-state index contributed by atoms with van der Waals surface area (Å²) in [6, 6.07) is -10.9. The van der Waals surface area contributed by atoms with Gasteiger partial charge in [-0.1, -0.05) is 72.5 Å². The van der Waals surface area contributed by atoms with Crippen molar-refractivity contribution in [2.75, 3.05) is 26.2 Å². The molecule has 2 aliphatic heterocycles. The lowest BCUT2D eigenvalue weighted by Gasteiger charge is -2.37. The Labute approximate surface area is 213 Å². The molecular formula is C28H30N2O2. The van der Waals surface area contributed by atoms with Crippen molar-refractivity contribution in [3.8, 4) is 5.75 Å². The molecule has 2 N–H and O–H groups in total. The molecule has 1 saturated heterocycles. The fourth-order valence-electron chi connectivity index (χ4n) is 4.28. The zero-order valence-corrected chi connectivity index (χ0v) is 17.0. The van der Waals surface area contributed by atoms with E-state index in [1.54, 1.807) is 0 Å². The number of hydrogen-bond donors (Lipinski definition) is 1. The summed E-state index contributed by atoms with van der Waals surface area (Å²) in [6.45, 7) is -4.06. The van der Waals surface area contributed by atoms with Gasteiger partial charge in [0.15, 0.2) is 0 Å². The van der Waals surface area contributed by atoms with Gasteiger partial charge in [-0.3, -0.25) is 4.79 Å². The summed E-state index contributed by atoms with van der Waals surface area (Å²) < 4.78 is 151. The van der Waals surface area contributed by atoms with Gasteiger partial charge in [0.05, 0.1) is 24.4 Å². The number of ether oxygens (including phenoxy) is 1. The first-order valence-corrected chi connectivity index (χ1v) is 10.1. The molecule has 0 saturated carbocycles. The molecule has 1 amide bonds. The maximum Gasteiger partial charge on any atom is 0.232 e. The molecule has 0 bridgehead atoms. The number of hydrogen-bond acceptors (Lipinski definition) is 3. The molecule has 1 atom stereocenters. The average molecular weight is 444 g/mol. The molecule has 5 rings (SSSR count). The molecule has 0 spiro atoms. The first kappa shape index (κ1) is 9.03. The molecule has 1 fully saturated rings. The van der Waals surface area contributed by atoms with E-state index in [0.29, 0.717) is 0 Å². The number of nitrogens with two attached hydrogens (primary N) is 1. The number of rotatable bonds is 7. The molecule has 4 heteroatoms. The fraction of sp³-hybridized carbons (Fsp3) is 0.321. The molecule has 0 radical (unpaired) electrons. The highest BCUT2D eigenvalue weighted by atomic mass is 16.5. The maximum absolute atomic E-state index is 13.9. The van der Waals surface area contributed by atoms with Crippen LogP contribution in [0.15, 0.2) is 78.6 Å². The lowest BCUT2D eigenvalue weighted by atomic mass is 9.64. The number of carbonyl (C=O) groups is 1. The lowest BCUT2D eigenvalue weighted by molar-refractivity contribution is -0.123. The first-order valence-electron chi connectivity index (χ1n) is 18.6. The standard InChI is InChI=1S/C28H30N2O2/c29-27(31)28(23-7-3-1-4-8-23,24-9-5-2-6-10-24)25-14-17-30(20-25)16-13-21-11-12-26-22(19-21)15-18-32-26/h1-12,19,25H,13-18,20H2,(H2,29,31)/t25-/m1/s1/i1D,2D,3D,4D,5D,6D,7D,8D,9D,10D,11D,12D,13D2,16D2,19D.